The molecule has 0 radical (unpaired) electrons. The fourth-order valence-corrected chi connectivity index (χ4v) is 2.95. The summed E-state index contributed by atoms with van der Waals surface area (Å²) in [7, 11) is 0. The maximum absolute atomic E-state index is 4.19. The van der Waals surface area contributed by atoms with Gasteiger partial charge in [0, 0.05) is 31.5 Å². The van der Waals surface area contributed by atoms with E-state index < -0.39 is 0 Å². The highest BCUT2D eigenvalue weighted by Gasteiger charge is 2.27. The number of piperidine rings is 1. The van der Waals surface area contributed by atoms with E-state index in [2.05, 4.69) is 35.1 Å². The summed E-state index contributed by atoms with van der Waals surface area (Å²) in [6.07, 6.45) is 6.36. The van der Waals surface area contributed by atoms with Crippen molar-refractivity contribution in [1.29, 1.82) is 0 Å². The van der Waals surface area contributed by atoms with Crippen LogP contribution in [0.4, 0.5) is 0 Å². The van der Waals surface area contributed by atoms with Gasteiger partial charge >= 0.3 is 0 Å². The van der Waals surface area contributed by atoms with Gasteiger partial charge in [0.15, 0.2) is 0 Å². The molecule has 2 heterocycles. The van der Waals surface area contributed by atoms with Crippen LogP contribution in [-0.2, 0) is 6.54 Å². The lowest BCUT2D eigenvalue weighted by atomic mass is 9.89. The Bertz CT molecular complexity index is 339. The van der Waals surface area contributed by atoms with Crippen LogP contribution in [0.25, 0.3) is 0 Å². The lowest BCUT2D eigenvalue weighted by molar-refractivity contribution is 0.129. The molecule has 0 spiro atoms. The van der Waals surface area contributed by atoms with Crippen molar-refractivity contribution < 1.29 is 0 Å². The van der Waals surface area contributed by atoms with E-state index in [-0.39, 0.29) is 0 Å². The molecule has 2 unspecified atom stereocenters. The second-order valence-electron chi connectivity index (χ2n) is 5.22. The van der Waals surface area contributed by atoms with Crippen LogP contribution in [0, 0.1) is 5.92 Å². The smallest absolute Gasteiger partial charge is 0.0312 e. The minimum Gasteiger partial charge on any atom is -0.314 e. The molecule has 2 atom stereocenters. The van der Waals surface area contributed by atoms with Crippen molar-refractivity contribution in [2.45, 2.75) is 39.3 Å². The highest BCUT2D eigenvalue weighted by Crippen LogP contribution is 2.21. The molecule has 1 saturated heterocycles. The van der Waals surface area contributed by atoms with Gasteiger partial charge in [-0.3, -0.25) is 9.88 Å². The summed E-state index contributed by atoms with van der Waals surface area (Å²) in [5.74, 6) is 0.787. The molecule has 1 aromatic rings. The zero-order valence-electron chi connectivity index (χ0n) is 11.6. The fourth-order valence-electron chi connectivity index (χ4n) is 2.95. The Balaban J connectivity index is 1.89. The lowest BCUT2D eigenvalue weighted by Crippen LogP contribution is -2.48. The van der Waals surface area contributed by atoms with E-state index in [1.807, 2.05) is 18.5 Å². The standard InChI is InChI=1S/C15H25N3/c1-3-14-12-18(9-7-15(14)17-4-2)11-13-6-5-8-16-10-13/h5-6,8,10,14-15,17H,3-4,7,9,11-12H2,1-2H3. The van der Waals surface area contributed by atoms with Crippen LogP contribution in [0.15, 0.2) is 24.5 Å². The van der Waals surface area contributed by atoms with Gasteiger partial charge in [0.2, 0.25) is 0 Å². The Hall–Kier alpha value is -0.930. The molecule has 0 amide bonds. The van der Waals surface area contributed by atoms with Gasteiger partial charge in [0.05, 0.1) is 0 Å². The van der Waals surface area contributed by atoms with E-state index in [1.165, 1.54) is 31.5 Å². The third kappa shape index (κ3) is 3.53. The maximum atomic E-state index is 4.19. The molecule has 0 aromatic carbocycles. The fraction of sp³-hybridized carbons (Fsp3) is 0.667. The lowest BCUT2D eigenvalue weighted by Gasteiger charge is -2.38. The van der Waals surface area contributed by atoms with Gasteiger partial charge in [-0.25, -0.2) is 0 Å². The van der Waals surface area contributed by atoms with Crippen molar-refractivity contribution in [2.75, 3.05) is 19.6 Å². The summed E-state index contributed by atoms with van der Waals surface area (Å²) in [6, 6.07) is 4.91. The van der Waals surface area contributed by atoms with Gasteiger partial charge in [-0.1, -0.05) is 26.3 Å². The Morgan fingerprint density at radius 3 is 3.00 bits per heavy atom. The summed E-state index contributed by atoms with van der Waals surface area (Å²) in [5, 5.41) is 3.63. The molecule has 0 saturated carbocycles. The van der Waals surface area contributed by atoms with Crippen molar-refractivity contribution in [2.24, 2.45) is 5.92 Å². The second kappa shape index (κ2) is 6.86. The third-order valence-electron chi connectivity index (χ3n) is 3.94. The zero-order chi connectivity index (χ0) is 12.8. The van der Waals surface area contributed by atoms with Crippen LogP contribution >= 0.6 is 0 Å². The number of rotatable bonds is 5. The largest absolute Gasteiger partial charge is 0.314 e. The molecule has 0 aliphatic carbocycles. The average molecular weight is 247 g/mol. The molecule has 1 aliphatic rings. The van der Waals surface area contributed by atoms with Gasteiger partial charge in [0.1, 0.15) is 0 Å². The predicted molar refractivity (Wildman–Crippen MR) is 75.4 cm³/mol. The molecule has 1 aliphatic heterocycles. The molecule has 3 heteroatoms. The van der Waals surface area contributed by atoms with E-state index in [9.17, 15) is 0 Å². The second-order valence-corrected chi connectivity index (χ2v) is 5.22. The summed E-state index contributed by atoms with van der Waals surface area (Å²) >= 11 is 0. The predicted octanol–water partition coefficient (Wildman–Crippen LogP) is 2.29. The first-order valence-electron chi connectivity index (χ1n) is 7.18. The van der Waals surface area contributed by atoms with Crippen LogP contribution in [0.5, 0.6) is 0 Å². The van der Waals surface area contributed by atoms with Crippen LogP contribution in [0.1, 0.15) is 32.3 Å². The molecule has 1 fully saturated rings. The normalized spacial score (nSPS) is 25.2. The highest BCUT2D eigenvalue weighted by atomic mass is 15.1. The van der Waals surface area contributed by atoms with Gasteiger partial charge in [0.25, 0.3) is 0 Å². The SMILES string of the molecule is CCNC1CCN(Cc2cccnc2)CC1CC. The van der Waals surface area contributed by atoms with Crippen LogP contribution < -0.4 is 5.32 Å². The monoisotopic (exact) mass is 247 g/mol. The molecular weight excluding hydrogens is 222 g/mol. The van der Waals surface area contributed by atoms with Crippen molar-refractivity contribution in [3.63, 3.8) is 0 Å². The summed E-state index contributed by atoms with van der Waals surface area (Å²) in [5.41, 5.74) is 1.33. The minimum absolute atomic E-state index is 0.713. The van der Waals surface area contributed by atoms with Crippen molar-refractivity contribution in [3.8, 4) is 0 Å². The zero-order valence-corrected chi connectivity index (χ0v) is 11.6. The number of nitrogens with one attached hydrogen (secondary N) is 1. The minimum atomic E-state index is 0.713. The number of hydrogen-bond acceptors (Lipinski definition) is 3. The molecule has 100 valence electrons. The Morgan fingerprint density at radius 2 is 2.33 bits per heavy atom. The first-order chi connectivity index (χ1) is 8.83. The van der Waals surface area contributed by atoms with Crippen molar-refractivity contribution in [3.05, 3.63) is 30.1 Å². The Kier molecular flexibility index (Phi) is 5.14. The van der Waals surface area contributed by atoms with Crippen molar-refractivity contribution in [1.82, 2.24) is 15.2 Å². The Morgan fingerprint density at radius 1 is 1.44 bits per heavy atom. The van der Waals surface area contributed by atoms with Crippen LogP contribution in [-0.4, -0.2) is 35.6 Å². The van der Waals surface area contributed by atoms with E-state index in [0.717, 1.165) is 19.0 Å². The van der Waals surface area contributed by atoms with Gasteiger partial charge in [-0.15, -0.1) is 0 Å². The summed E-state index contributed by atoms with van der Waals surface area (Å²) in [6.45, 7) is 9.05. The van der Waals surface area contributed by atoms with Gasteiger partial charge in [-0.2, -0.15) is 0 Å². The number of pyridine rings is 1. The number of nitrogens with zero attached hydrogens (tertiary/aromatic N) is 2. The molecule has 1 N–H and O–H groups in total. The van der Waals surface area contributed by atoms with E-state index >= 15 is 0 Å². The molecule has 3 nitrogen and oxygen atoms in total. The van der Waals surface area contributed by atoms with Crippen LogP contribution in [0.3, 0.4) is 0 Å². The molecule has 1 aromatic heterocycles. The summed E-state index contributed by atoms with van der Waals surface area (Å²) in [4.78, 5) is 6.76. The molecule has 0 bridgehead atoms. The van der Waals surface area contributed by atoms with E-state index in [4.69, 9.17) is 0 Å². The van der Waals surface area contributed by atoms with E-state index in [0.29, 0.717) is 6.04 Å². The average Bonchev–Trinajstić information content (AvgIpc) is 2.42. The molecular formula is C15H25N3. The first kappa shape index (κ1) is 13.5. The number of hydrogen-bond donors (Lipinski definition) is 1. The van der Waals surface area contributed by atoms with E-state index in [1.54, 1.807) is 0 Å². The quantitative estimate of drug-likeness (QED) is 0.865. The number of likely N-dealkylation sites (tertiary alicyclic amines) is 1. The first-order valence-corrected chi connectivity index (χ1v) is 7.18. The third-order valence-corrected chi connectivity index (χ3v) is 3.94. The molecule has 18 heavy (non-hydrogen) atoms. The highest BCUT2D eigenvalue weighted by molar-refractivity contribution is 5.08. The molecule has 2 rings (SSSR count). The Labute approximate surface area is 111 Å². The van der Waals surface area contributed by atoms with Crippen LogP contribution in [0.2, 0.25) is 0 Å². The summed E-state index contributed by atoms with van der Waals surface area (Å²) < 4.78 is 0. The number of aromatic nitrogens is 1. The van der Waals surface area contributed by atoms with Gasteiger partial charge < -0.3 is 5.32 Å². The van der Waals surface area contributed by atoms with Crippen molar-refractivity contribution >= 4 is 0 Å². The van der Waals surface area contributed by atoms with Gasteiger partial charge in [-0.05, 0) is 37.1 Å². The topological polar surface area (TPSA) is 28.2 Å². The maximum Gasteiger partial charge on any atom is 0.0312 e.